The van der Waals surface area contributed by atoms with Crippen LogP contribution in [-0.4, -0.2) is 21.3 Å². The van der Waals surface area contributed by atoms with Gasteiger partial charge in [-0.1, -0.05) is 19.1 Å². The number of nitrogens with zero attached hydrogens (tertiary/aromatic N) is 3. The van der Waals surface area contributed by atoms with Crippen LogP contribution in [0.15, 0.2) is 36.9 Å². The van der Waals surface area contributed by atoms with Crippen molar-refractivity contribution in [1.82, 2.24) is 20.1 Å². The molecule has 0 aliphatic rings. The summed E-state index contributed by atoms with van der Waals surface area (Å²) in [5.74, 6) is 0. The van der Waals surface area contributed by atoms with Crippen LogP contribution in [0.3, 0.4) is 0 Å². The van der Waals surface area contributed by atoms with Crippen molar-refractivity contribution < 1.29 is 0 Å². The fourth-order valence-electron chi connectivity index (χ4n) is 1.71. The Balaban J connectivity index is 2.26. The first-order chi connectivity index (χ1) is 7.81. The average Bonchev–Trinajstić information content (AvgIpc) is 2.83. The highest BCUT2D eigenvalue weighted by Gasteiger charge is 2.04. The Hall–Kier alpha value is -1.68. The van der Waals surface area contributed by atoms with E-state index >= 15 is 0 Å². The molecular weight excluding hydrogens is 200 g/mol. The fourth-order valence-corrected chi connectivity index (χ4v) is 1.71. The maximum atomic E-state index is 3.81. The van der Waals surface area contributed by atoms with Gasteiger partial charge in [0, 0.05) is 11.7 Å². The minimum Gasteiger partial charge on any atom is -0.310 e. The van der Waals surface area contributed by atoms with Gasteiger partial charge in [0.2, 0.25) is 0 Å². The summed E-state index contributed by atoms with van der Waals surface area (Å²) in [5.41, 5.74) is 2.36. The van der Waals surface area contributed by atoms with E-state index in [9.17, 15) is 0 Å². The number of nitrogens with one attached hydrogen (secondary N) is 1. The minimum absolute atomic E-state index is 0.362. The van der Waals surface area contributed by atoms with Gasteiger partial charge in [-0.05, 0) is 31.2 Å². The molecule has 2 rings (SSSR count). The molecule has 0 radical (unpaired) electrons. The van der Waals surface area contributed by atoms with Crippen molar-refractivity contribution in [2.45, 2.75) is 19.9 Å². The lowest BCUT2D eigenvalue weighted by molar-refractivity contribution is 0.598. The van der Waals surface area contributed by atoms with E-state index in [-0.39, 0.29) is 0 Å². The summed E-state index contributed by atoms with van der Waals surface area (Å²) in [5, 5.41) is 11.0. The van der Waals surface area contributed by atoms with Gasteiger partial charge in [-0.25, -0.2) is 0 Å². The van der Waals surface area contributed by atoms with Crippen LogP contribution in [0.25, 0.3) is 5.69 Å². The quantitative estimate of drug-likeness (QED) is 0.849. The van der Waals surface area contributed by atoms with Gasteiger partial charge in [0.05, 0.1) is 0 Å². The van der Waals surface area contributed by atoms with Gasteiger partial charge in [0.15, 0.2) is 0 Å². The lowest BCUT2D eigenvalue weighted by Gasteiger charge is -2.13. The van der Waals surface area contributed by atoms with E-state index in [1.165, 1.54) is 5.56 Å². The SMILES string of the molecule is CCNC(C)c1cccc(-n2cnnc2)c1. The van der Waals surface area contributed by atoms with E-state index in [0.717, 1.165) is 12.2 Å². The Kier molecular flexibility index (Phi) is 3.31. The molecule has 1 heterocycles. The third-order valence-corrected chi connectivity index (χ3v) is 2.60. The zero-order valence-electron chi connectivity index (χ0n) is 9.59. The number of hydrogen-bond donors (Lipinski definition) is 1. The number of aromatic nitrogens is 3. The number of benzene rings is 1. The standard InChI is InChI=1S/C12H16N4/c1-3-13-10(2)11-5-4-6-12(7-11)16-8-14-15-9-16/h4-10,13H,3H2,1-2H3. The van der Waals surface area contributed by atoms with E-state index in [1.807, 2.05) is 10.6 Å². The van der Waals surface area contributed by atoms with Crippen molar-refractivity contribution in [2.24, 2.45) is 0 Å². The summed E-state index contributed by atoms with van der Waals surface area (Å²) in [7, 11) is 0. The van der Waals surface area contributed by atoms with Gasteiger partial charge in [-0.15, -0.1) is 10.2 Å². The zero-order valence-corrected chi connectivity index (χ0v) is 9.59. The van der Waals surface area contributed by atoms with Gasteiger partial charge in [0.1, 0.15) is 12.7 Å². The Morgan fingerprint density at radius 1 is 1.31 bits per heavy atom. The van der Waals surface area contributed by atoms with Gasteiger partial charge < -0.3 is 5.32 Å². The Morgan fingerprint density at radius 3 is 2.75 bits per heavy atom. The average molecular weight is 216 g/mol. The highest BCUT2D eigenvalue weighted by atomic mass is 15.2. The first-order valence-electron chi connectivity index (χ1n) is 5.49. The van der Waals surface area contributed by atoms with E-state index in [0.29, 0.717) is 6.04 Å². The fraction of sp³-hybridized carbons (Fsp3) is 0.333. The van der Waals surface area contributed by atoms with Crippen LogP contribution in [0.2, 0.25) is 0 Å². The second-order valence-corrected chi connectivity index (χ2v) is 3.74. The van der Waals surface area contributed by atoms with Crippen LogP contribution >= 0.6 is 0 Å². The smallest absolute Gasteiger partial charge is 0.123 e. The molecule has 1 unspecified atom stereocenters. The van der Waals surface area contributed by atoms with Crippen LogP contribution in [0.4, 0.5) is 0 Å². The zero-order chi connectivity index (χ0) is 11.4. The summed E-state index contributed by atoms with van der Waals surface area (Å²) >= 11 is 0. The number of hydrogen-bond acceptors (Lipinski definition) is 3. The third-order valence-electron chi connectivity index (χ3n) is 2.60. The maximum absolute atomic E-state index is 3.81. The first-order valence-corrected chi connectivity index (χ1v) is 5.49. The molecule has 1 N–H and O–H groups in total. The van der Waals surface area contributed by atoms with E-state index in [1.54, 1.807) is 12.7 Å². The molecule has 84 valence electrons. The molecule has 0 spiro atoms. The second kappa shape index (κ2) is 4.90. The van der Waals surface area contributed by atoms with Gasteiger partial charge >= 0.3 is 0 Å². The predicted molar refractivity (Wildman–Crippen MR) is 63.5 cm³/mol. The number of rotatable bonds is 4. The Morgan fingerprint density at radius 2 is 2.06 bits per heavy atom. The Labute approximate surface area is 95.3 Å². The third kappa shape index (κ3) is 2.28. The van der Waals surface area contributed by atoms with Gasteiger partial charge in [-0.2, -0.15) is 0 Å². The van der Waals surface area contributed by atoms with Crippen molar-refractivity contribution in [2.75, 3.05) is 6.54 Å². The van der Waals surface area contributed by atoms with E-state index < -0.39 is 0 Å². The lowest BCUT2D eigenvalue weighted by atomic mass is 10.1. The van der Waals surface area contributed by atoms with Gasteiger partial charge in [0.25, 0.3) is 0 Å². The summed E-state index contributed by atoms with van der Waals surface area (Å²) in [4.78, 5) is 0. The van der Waals surface area contributed by atoms with Crippen LogP contribution in [0.1, 0.15) is 25.5 Å². The molecule has 0 aliphatic carbocycles. The van der Waals surface area contributed by atoms with Crippen LogP contribution in [-0.2, 0) is 0 Å². The van der Waals surface area contributed by atoms with Gasteiger partial charge in [-0.3, -0.25) is 4.57 Å². The molecule has 0 amide bonds. The molecule has 0 saturated carbocycles. The lowest BCUT2D eigenvalue weighted by Crippen LogP contribution is -2.17. The first kappa shape index (κ1) is 10.8. The monoisotopic (exact) mass is 216 g/mol. The minimum atomic E-state index is 0.362. The van der Waals surface area contributed by atoms with Crippen LogP contribution < -0.4 is 5.32 Å². The molecule has 1 aromatic heterocycles. The summed E-state index contributed by atoms with van der Waals surface area (Å²) in [6.45, 7) is 5.24. The highest BCUT2D eigenvalue weighted by Crippen LogP contribution is 2.16. The molecule has 1 atom stereocenters. The van der Waals surface area contributed by atoms with Crippen molar-refractivity contribution in [3.63, 3.8) is 0 Å². The largest absolute Gasteiger partial charge is 0.310 e. The molecule has 4 nitrogen and oxygen atoms in total. The predicted octanol–water partition coefficient (Wildman–Crippen LogP) is 1.94. The van der Waals surface area contributed by atoms with E-state index in [4.69, 9.17) is 0 Å². The maximum Gasteiger partial charge on any atom is 0.123 e. The normalized spacial score (nSPS) is 12.6. The molecule has 16 heavy (non-hydrogen) atoms. The van der Waals surface area contributed by atoms with Crippen molar-refractivity contribution in [1.29, 1.82) is 0 Å². The van der Waals surface area contributed by atoms with E-state index in [2.05, 4.69) is 47.6 Å². The van der Waals surface area contributed by atoms with Crippen molar-refractivity contribution in [3.8, 4) is 5.69 Å². The summed E-state index contributed by atoms with van der Waals surface area (Å²) in [6.07, 6.45) is 3.41. The molecule has 0 aliphatic heterocycles. The van der Waals surface area contributed by atoms with Crippen molar-refractivity contribution >= 4 is 0 Å². The second-order valence-electron chi connectivity index (χ2n) is 3.74. The molecule has 4 heteroatoms. The molecule has 2 aromatic rings. The van der Waals surface area contributed by atoms with Crippen molar-refractivity contribution in [3.05, 3.63) is 42.5 Å². The Bertz CT molecular complexity index is 436. The molecule has 0 saturated heterocycles. The summed E-state index contributed by atoms with van der Waals surface area (Å²) in [6, 6.07) is 8.74. The molecule has 1 aromatic carbocycles. The molecule has 0 fully saturated rings. The topological polar surface area (TPSA) is 42.7 Å². The van der Waals surface area contributed by atoms with Crippen LogP contribution in [0, 0.1) is 0 Å². The molecule has 0 bridgehead atoms. The molecular formula is C12H16N4. The van der Waals surface area contributed by atoms with Crippen LogP contribution in [0.5, 0.6) is 0 Å². The highest BCUT2D eigenvalue weighted by molar-refractivity contribution is 5.36. The summed E-state index contributed by atoms with van der Waals surface area (Å²) < 4.78 is 1.90.